The minimum absolute atomic E-state index is 0.00205. The van der Waals surface area contributed by atoms with Crippen LogP contribution in [0.25, 0.3) is 0 Å². The zero-order chi connectivity index (χ0) is 13.7. The van der Waals surface area contributed by atoms with Gasteiger partial charge in [0.15, 0.2) is 0 Å². The fourth-order valence-electron chi connectivity index (χ4n) is 2.61. The number of amides is 1. The van der Waals surface area contributed by atoms with Crippen LogP contribution in [0.15, 0.2) is 12.4 Å². The molecule has 1 fully saturated rings. The summed E-state index contributed by atoms with van der Waals surface area (Å²) in [5, 5.41) is 19.3. The number of aryl methyl sites for hydroxylation is 1. The van der Waals surface area contributed by atoms with Crippen LogP contribution in [0.3, 0.4) is 0 Å². The van der Waals surface area contributed by atoms with Gasteiger partial charge in [0.2, 0.25) is 5.91 Å². The lowest BCUT2D eigenvalue weighted by Crippen LogP contribution is -2.48. The quantitative estimate of drug-likeness (QED) is 0.784. The maximum atomic E-state index is 11.9. The summed E-state index contributed by atoms with van der Waals surface area (Å²) >= 11 is 0. The van der Waals surface area contributed by atoms with Crippen LogP contribution in [0.4, 0.5) is 0 Å². The predicted molar refractivity (Wildman–Crippen MR) is 66.2 cm³/mol. The van der Waals surface area contributed by atoms with Crippen molar-refractivity contribution in [2.24, 2.45) is 0 Å². The second-order valence-corrected chi connectivity index (χ2v) is 5.02. The number of nitrogens with one attached hydrogen (secondary N) is 1. The van der Waals surface area contributed by atoms with E-state index in [1.807, 2.05) is 0 Å². The molecule has 7 heteroatoms. The SMILES string of the molecule is O=C(O)CC1(NC(=O)CCn2ccnn2)CCCC1. The van der Waals surface area contributed by atoms with Crippen molar-refractivity contribution >= 4 is 11.9 Å². The molecule has 1 aliphatic carbocycles. The molecule has 1 heterocycles. The van der Waals surface area contributed by atoms with Crippen LogP contribution < -0.4 is 5.32 Å². The number of aliphatic carboxylic acids is 1. The molecule has 0 spiro atoms. The van der Waals surface area contributed by atoms with Gasteiger partial charge in [-0.05, 0) is 12.8 Å². The lowest BCUT2D eigenvalue weighted by Gasteiger charge is -2.28. The zero-order valence-electron chi connectivity index (χ0n) is 10.7. The van der Waals surface area contributed by atoms with E-state index in [2.05, 4.69) is 15.6 Å². The fraction of sp³-hybridized carbons (Fsp3) is 0.667. The number of carboxylic acids is 1. The number of nitrogens with zero attached hydrogens (tertiary/aromatic N) is 3. The van der Waals surface area contributed by atoms with Gasteiger partial charge in [-0.25, -0.2) is 0 Å². The van der Waals surface area contributed by atoms with Crippen LogP contribution in [-0.2, 0) is 16.1 Å². The van der Waals surface area contributed by atoms with Gasteiger partial charge >= 0.3 is 5.97 Å². The molecule has 0 aliphatic heterocycles. The van der Waals surface area contributed by atoms with E-state index in [0.717, 1.165) is 25.7 Å². The fourth-order valence-corrected chi connectivity index (χ4v) is 2.61. The molecule has 1 aromatic rings. The third kappa shape index (κ3) is 3.77. The minimum atomic E-state index is -0.863. The van der Waals surface area contributed by atoms with Gasteiger partial charge in [0, 0.05) is 12.6 Å². The summed E-state index contributed by atoms with van der Waals surface area (Å²) in [7, 11) is 0. The van der Waals surface area contributed by atoms with E-state index >= 15 is 0 Å². The summed E-state index contributed by atoms with van der Waals surface area (Å²) in [4.78, 5) is 22.8. The van der Waals surface area contributed by atoms with Gasteiger partial charge in [-0.3, -0.25) is 14.3 Å². The second-order valence-electron chi connectivity index (χ2n) is 5.02. The van der Waals surface area contributed by atoms with E-state index in [0.29, 0.717) is 6.54 Å². The molecule has 1 aliphatic rings. The number of hydrogen-bond acceptors (Lipinski definition) is 4. The Morgan fingerprint density at radius 3 is 2.68 bits per heavy atom. The largest absolute Gasteiger partial charge is 0.481 e. The van der Waals surface area contributed by atoms with E-state index in [4.69, 9.17) is 5.11 Å². The summed E-state index contributed by atoms with van der Waals surface area (Å²) in [6.45, 7) is 0.453. The molecule has 1 aromatic heterocycles. The number of carbonyl (C=O) groups is 2. The first kappa shape index (κ1) is 13.5. The molecule has 19 heavy (non-hydrogen) atoms. The highest BCUT2D eigenvalue weighted by atomic mass is 16.4. The molecule has 2 N–H and O–H groups in total. The molecular weight excluding hydrogens is 248 g/mol. The van der Waals surface area contributed by atoms with Gasteiger partial charge in [-0.15, -0.1) is 5.10 Å². The Morgan fingerprint density at radius 2 is 2.11 bits per heavy atom. The third-order valence-electron chi connectivity index (χ3n) is 3.49. The van der Waals surface area contributed by atoms with E-state index < -0.39 is 11.5 Å². The van der Waals surface area contributed by atoms with Gasteiger partial charge in [0.1, 0.15) is 0 Å². The predicted octanol–water partition coefficient (Wildman–Crippen LogP) is 0.572. The standard InChI is InChI=1S/C12H18N4O3/c17-10(3-7-16-8-6-13-15-16)14-12(9-11(18)19)4-1-2-5-12/h6,8H,1-5,7,9H2,(H,14,17)(H,18,19). The molecule has 104 valence electrons. The molecule has 1 saturated carbocycles. The van der Waals surface area contributed by atoms with Crippen LogP contribution in [0.1, 0.15) is 38.5 Å². The van der Waals surface area contributed by atoms with Crippen molar-refractivity contribution in [3.05, 3.63) is 12.4 Å². The molecule has 1 amide bonds. The lowest BCUT2D eigenvalue weighted by molar-refractivity contribution is -0.139. The molecule has 2 rings (SSSR count). The first-order valence-electron chi connectivity index (χ1n) is 6.47. The molecule has 0 atom stereocenters. The van der Waals surface area contributed by atoms with Crippen molar-refractivity contribution in [3.63, 3.8) is 0 Å². The average molecular weight is 266 g/mol. The van der Waals surface area contributed by atoms with Gasteiger partial charge in [-0.1, -0.05) is 18.1 Å². The zero-order valence-corrected chi connectivity index (χ0v) is 10.7. The van der Waals surface area contributed by atoms with Crippen LogP contribution in [0, 0.1) is 0 Å². The highest BCUT2D eigenvalue weighted by Gasteiger charge is 2.37. The number of carbonyl (C=O) groups excluding carboxylic acids is 1. The molecule has 0 unspecified atom stereocenters. The van der Waals surface area contributed by atoms with Crippen LogP contribution in [-0.4, -0.2) is 37.5 Å². The molecule has 0 saturated heterocycles. The molecule has 7 nitrogen and oxygen atoms in total. The smallest absolute Gasteiger partial charge is 0.305 e. The first-order valence-corrected chi connectivity index (χ1v) is 6.47. The molecule has 0 radical (unpaired) electrons. The van der Waals surface area contributed by atoms with E-state index in [9.17, 15) is 9.59 Å². The van der Waals surface area contributed by atoms with E-state index in [1.165, 1.54) is 0 Å². The monoisotopic (exact) mass is 266 g/mol. The van der Waals surface area contributed by atoms with Crippen molar-refractivity contribution in [1.29, 1.82) is 0 Å². The minimum Gasteiger partial charge on any atom is -0.481 e. The van der Waals surface area contributed by atoms with Gasteiger partial charge in [-0.2, -0.15) is 0 Å². The van der Waals surface area contributed by atoms with Crippen molar-refractivity contribution in [1.82, 2.24) is 20.3 Å². The Kier molecular flexibility index (Phi) is 4.13. The second kappa shape index (κ2) is 5.81. The number of aromatic nitrogens is 3. The summed E-state index contributed by atoms with van der Waals surface area (Å²) in [5.41, 5.74) is -0.550. The number of carboxylic acid groups (broad SMARTS) is 1. The van der Waals surface area contributed by atoms with Gasteiger partial charge in [0.25, 0.3) is 0 Å². The Morgan fingerprint density at radius 1 is 1.37 bits per heavy atom. The Balaban J connectivity index is 1.86. The maximum absolute atomic E-state index is 11.9. The summed E-state index contributed by atoms with van der Waals surface area (Å²) < 4.78 is 1.58. The van der Waals surface area contributed by atoms with Crippen molar-refractivity contribution in [2.45, 2.75) is 50.6 Å². The van der Waals surface area contributed by atoms with E-state index in [-0.39, 0.29) is 18.7 Å². The summed E-state index contributed by atoms with van der Waals surface area (Å²) in [6.07, 6.45) is 6.96. The van der Waals surface area contributed by atoms with Gasteiger partial charge < -0.3 is 10.4 Å². The normalized spacial score (nSPS) is 17.3. The summed E-state index contributed by atoms with van der Waals surface area (Å²) in [6, 6.07) is 0. The highest BCUT2D eigenvalue weighted by Crippen LogP contribution is 2.32. The van der Waals surface area contributed by atoms with Crippen LogP contribution in [0.5, 0.6) is 0 Å². The van der Waals surface area contributed by atoms with Crippen molar-refractivity contribution < 1.29 is 14.7 Å². The Bertz CT molecular complexity index is 438. The van der Waals surface area contributed by atoms with Crippen molar-refractivity contribution in [3.8, 4) is 0 Å². The Hall–Kier alpha value is -1.92. The number of rotatable bonds is 6. The van der Waals surface area contributed by atoms with Crippen molar-refractivity contribution in [2.75, 3.05) is 0 Å². The average Bonchev–Trinajstić information content (AvgIpc) is 2.97. The molecule has 0 bridgehead atoms. The Labute approximate surface area is 111 Å². The van der Waals surface area contributed by atoms with Gasteiger partial charge in [0.05, 0.1) is 24.7 Å². The maximum Gasteiger partial charge on any atom is 0.305 e. The third-order valence-corrected chi connectivity index (χ3v) is 3.49. The van der Waals surface area contributed by atoms with Crippen LogP contribution >= 0.6 is 0 Å². The number of hydrogen-bond donors (Lipinski definition) is 2. The van der Waals surface area contributed by atoms with E-state index in [1.54, 1.807) is 17.1 Å². The molecule has 0 aromatic carbocycles. The highest BCUT2D eigenvalue weighted by molar-refractivity contribution is 5.78. The van der Waals surface area contributed by atoms with Crippen LogP contribution in [0.2, 0.25) is 0 Å². The molecular formula is C12H18N4O3. The topological polar surface area (TPSA) is 97.1 Å². The lowest BCUT2D eigenvalue weighted by atomic mass is 9.93. The first-order chi connectivity index (χ1) is 9.10. The summed E-state index contributed by atoms with van der Waals surface area (Å²) in [5.74, 6) is -0.989.